The first kappa shape index (κ1) is 88.3. The number of aliphatic hydroxyl groups is 9. The fourth-order valence-electron chi connectivity index (χ4n) is 11.9. The van der Waals surface area contributed by atoms with Gasteiger partial charge >= 0.3 is 18.0 Å². The van der Waals surface area contributed by atoms with E-state index in [0.29, 0.717) is 96.7 Å². The van der Waals surface area contributed by atoms with Crippen LogP contribution in [0.2, 0.25) is 0 Å². The van der Waals surface area contributed by atoms with Gasteiger partial charge in [-0.1, -0.05) is 92.9 Å². The summed E-state index contributed by atoms with van der Waals surface area (Å²) >= 11 is 0. The predicted octanol–water partition coefficient (Wildman–Crippen LogP) is 5.22. The highest BCUT2D eigenvalue weighted by molar-refractivity contribution is 5.78. The molecule has 0 radical (unpaired) electrons. The van der Waals surface area contributed by atoms with Crippen molar-refractivity contribution in [3.63, 3.8) is 0 Å². The monoisotopic (exact) mass is 1380 g/mol. The molecule has 3 aliphatic heterocycles. The van der Waals surface area contributed by atoms with Crippen molar-refractivity contribution in [2.75, 3.05) is 79.1 Å². The lowest BCUT2D eigenvalue weighted by atomic mass is 9.77. The number of ether oxygens (including phenoxy) is 9. The van der Waals surface area contributed by atoms with Gasteiger partial charge in [-0.15, -0.1) is 0 Å². The summed E-state index contributed by atoms with van der Waals surface area (Å²) in [5.74, 6) is -2.04. The molecule has 3 rings (SSSR count). The maximum Gasteiger partial charge on any atom is 0.407 e. The Balaban J connectivity index is 0.0000314. The van der Waals surface area contributed by atoms with Gasteiger partial charge in [0.2, 0.25) is 11.8 Å². The van der Waals surface area contributed by atoms with Crippen molar-refractivity contribution in [2.45, 2.75) is 302 Å². The first-order chi connectivity index (χ1) is 45.6. The summed E-state index contributed by atoms with van der Waals surface area (Å²) in [6, 6.07) is 0. The lowest BCUT2D eigenvalue weighted by Gasteiger charge is -2.40. The fourth-order valence-corrected chi connectivity index (χ4v) is 11.9. The number of unbranched alkanes of at least 4 members (excludes halogenated alkanes) is 12. The number of carbonyl (C=O) groups excluding carboxylic acids is 6. The van der Waals surface area contributed by atoms with Crippen molar-refractivity contribution < 1.29 is 117 Å². The van der Waals surface area contributed by atoms with Crippen LogP contribution in [0.5, 0.6) is 0 Å². The van der Waals surface area contributed by atoms with Crippen LogP contribution in [0.4, 0.5) is 4.79 Å². The van der Waals surface area contributed by atoms with Crippen LogP contribution in [0.25, 0.3) is 0 Å². The lowest BCUT2D eigenvalue weighted by molar-refractivity contribution is -0.282. The van der Waals surface area contributed by atoms with Crippen LogP contribution in [0, 0.1) is 23.2 Å². The normalized spacial score (nSPS) is 26.4. The quantitative estimate of drug-likeness (QED) is 0.0211. The van der Waals surface area contributed by atoms with Gasteiger partial charge in [-0.05, 0) is 102 Å². The van der Waals surface area contributed by atoms with Gasteiger partial charge in [-0.2, -0.15) is 0 Å². The van der Waals surface area contributed by atoms with Gasteiger partial charge in [0.15, 0.2) is 18.9 Å². The van der Waals surface area contributed by atoms with Crippen molar-refractivity contribution in [3.8, 4) is 0 Å². The minimum Gasteiger partial charge on any atom is -0.466 e. The molecule has 15 unspecified atom stereocenters. The first-order valence-electron chi connectivity index (χ1n) is 35.6. The molecule has 27 heteroatoms. The fraction of sp³-hybridized carbons (Fsp3) is 0.913. The third-order valence-corrected chi connectivity index (χ3v) is 18.3. The molecule has 0 saturated carbocycles. The zero-order valence-corrected chi connectivity index (χ0v) is 57.5. The largest absolute Gasteiger partial charge is 0.466 e. The van der Waals surface area contributed by atoms with Gasteiger partial charge < -0.3 is 105 Å². The van der Waals surface area contributed by atoms with E-state index < -0.39 is 117 Å². The summed E-state index contributed by atoms with van der Waals surface area (Å²) in [4.78, 5) is 75.0. The van der Waals surface area contributed by atoms with E-state index in [2.05, 4.69) is 22.9 Å². The smallest absolute Gasteiger partial charge is 0.407 e. The van der Waals surface area contributed by atoms with Gasteiger partial charge in [0.1, 0.15) is 42.4 Å². The molecule has 562 valence electrons. The second-order valence-corrected chi connectivity index (χ2v) is 26.5. The maximum absolute atomic E-state index is 12.7. The standard InChI is InChI=1S/C68H123N3O24.CH4/c1-47-58(80)61(83)51(44-72)93-64(47)89-38-20-27-50(75)26-14-8-5-13-19-37-71-67(86)92-43-25-34-68(4,32-23-41-87-56(78)30-15-9-6-11-17-35-69-54(76)28-21-39-90-65-48(2)59(81)62(84)52(45-73)94-65)33-24-42-88-57(79)31-16-10-7-12-18-36-70-55(77)29-22-40-91-66-49(3)60(82)63(85)53(46-74)95-66;/h47-49,51-53,58-66,72-74,80-85H,5-46H2,1-4H3,(H,69,76)(H,70,77)(H,71,86);1H4. The van der Waals surface area contributed by atoms with Crippen molar-refractivity contribution in [3.05, 3.63) is 0 Å². The number of nitrogens with one attached hydrogen (secondary N) is 3. The van der Waals surface area contributed by atoms with Crippen LogP contribution in [-0.2, 0) is 66.6 Å². The van der Waals surface area contributed by atoms with Crippen LogP contribution in [0.15, 0.2) is 0 Å². The maximum atomic E-state index is 12.7. The molecule has 3 fully saturated rings. The van der Waals surface area contributed by atoms with E-state index in [4.69, 9.17) is 42.6 Å². The van der Waals surface area contributed by atoms with E-state index in [0.717, 1.165) is 103 Å². The Labute approximate surface area is 570 Å². The highest BCUT2D eigenvalue weighted by Gasteiger charge is 2.45. The van der Waals surface area contributed by atoms with Crippen molar-refractivity contribution >= 4 is 35.6 Å². The number of aliphatic hydroxyl groups excluding tert-OH is 9. The van der Waals surface area contributed by atoms with Crippen molar-refractivity contribution in [1.29, 1.82) is 0 Å². The number of alkyl carbamates (subject to hydrolysis) is 1. The Hall–Kier alpha value is -3.78. The van der Waals surface area contributed by atoms with Gasteiger partial charge in [0.05, 0.1) is 77.8 Å². The molecular weight excluding hydrogens is 1250 g/mol. The van der Waals surface area contributed by atoms with E-state index in [1.165, 1.54) is 0 Å². The van der Waals surface area contributed by atoms with Crippen LogP contribution >= 0.6 is 0 Å². The molecule has 12 N–H and O–H groups in total. The van der Waals surface area contributed by atoms with Gasteiger partial charge in [-0.25, -0.2) is 4.79 Å². The molecule has 0 aliphatic carbocycles. The first-order valence-corrected chi connectivity index (χ1v) is 35.6. The topological polar surface area (TPSA) is 404 Å². The lowest BCUT2D eigenvalue weighted by Crippen LogP contribution is -2.55. The SMILES string of the molecule is C.CC1C(OCCCC(=O)CCCCCCCNC(=O)OCCCC(C)(CCCOC(=O)CCCCCCCNC(=O)CCCOC2OC(CO)C(O)C(O)C2C)CCCOC(=O)CCCCCCCNC(=O)CCCOC2OC(CO)C(O)C(O)C2C)OC(CO)C(O)C1O. The van der Waals surface area contributed by atoms with Gasteiger partial charge in [-0.3, -0.25) is 24.0 Å². The summed E-state index contributed by atoms with van der Waals surface area (Å²) in [7, 11) is 0. The Bertz CT molecular complexity index is 1860. The van der Waals surface area contributed by atoms with Crippen LogP contribution in [0.3, 0.4) is 0 Å². The zero-order chi connectivity index (χ0) is 69.8. The van der Waals surface area contributed by atoms with Crippen LogP contribution < -0.4 is 16.0 Å². The van der Waals surface area contributed by atoms with E-state index in [9.17, 15) is 74.7 Å². The molecule has 0 spiro atoms. The van der Waals surface area contributed by atoms with Gasteiger partial charge in [0.25, 0.3) is 0 Å². The average Bonchev–Trinajstić information content (AvgIpc) is 0.853. The van der Waals surface area contributed by atoms with E-state index in [-0.39, 0.29) is 94.9 Å². The number of carbonyl (C=O) groups is 6. The highest BCUT2D eigenvalue weighted by Crippen LogP contribution is 2.35. The number of hydrogen-bond donors (Lipinski definition) is 12. The molecular formula is C69H127N3O24. The average molecular weight is 1380 g/mol. The molecule has 96 heavy (non-hydrogen) atoms. The number of esters is 2. The molecule has 27 nitrogen and oxygen atoms in total. The van der Waals surface area contributed by atoms with E-state index >= 15 is 0 Å². The number of Topliss-reactive ketones (excluding diaryl/α,β-unsaturated/α-hetero) is 1. The third kappa shape index (κ3) is 36.5. The molecule has 0 aromatic rings. The summed E-state index contributed by atoms with van der Waals surface area (Å²) in [5.41, 5.74) is -0.206. The Morgan fingerprint density at radius 2 is 0.667 bits per heavy atom. The molecule has 0 aromatic carbocycles. The molecule has 0 aromatic heterocycles. The number of hydrogen-bond acceptors (Lipinski definition) is 24. The second-order valence-electron chi connectivity index (χ2n) is 26.5. The molecule has 3 saturated heterocycles. The van der Waals surface area contributed by atoms with Crippen molar-refractivity contribution in [1.82, 2.24) is 16.0 Å². The van der Waals surface area contributed by atoms with E-state index in [1.54, 1.807) is 20.8 Å². The minimum absolute atomic E-state index is 0. The molecule has 3 amide bonds. The Morgan fingerprint density at radius 3 is 1.03 bits per heavy atom. The zero-order valence-electron chi connectivity index (χ0n) is 57.5. The summed E-state index contributed by atoms with van der Waals surface area (Å²) in [5, 5.41) is 97.6. The number of ketones is 1. The summed E-state index contributed by atoms with van der Waals surface area (Å²) in [6.45, 7) is 8.89. The molecule has 0 bridgehead atoms. The summed E-state index contributed by atoms with van der Waals surface area (Å²) < 4.78 is 50.5. The predicted molar refractivity (Wildman–Crippen MR) is 354 cm³/mol. The van der Waals surface area contributed by atoms with Crippen LogP contribution in [-0.4, -0.2) is 234 Å². The van der Waals surface area contributed by atoms with Crippen molar-refractivity contribution in [2.24, 2.45) is 23.2 Å². The summed E-state index contributed by atoms with van der Waals surface area (Å²) in [6.07, 6.45) is 7.50. The van der Waals surface area contributed by atoms with E-state index in [1.807, 2.05) is 0 Å². The Kier molecular flexibility index (Phi) is 48.1. The molecule has 3 heterocycles. The molecule has 15 atom stereocenters. The molecule has 3 aliphatic rings. The van der Waals surface area contributed by atoms with Gasteiger partial charge in [0, 0.05) is 75.9 Å². The number of rotatable bonds is 54. The minimum atomic E-state index is -1.20. The van der Waals surface area contributed by atoms with Crippen LogP contribution in [0.1, 0.15) is 228 Å². The highest BCUT2D eigenvalue weighted by atomic mass is 16.7. The Morgan fingerprint density at radius 1 is 0.365 bits per heavy atom. The third-order valence-electron chi connectivity index (χ3n) is 18.3. The second kappa shape index (κ2) is 52.2. The number of amides is 3.